The van der Waals surface area contributed by atoms with Crippen molar-refractivity contribution in [2.24, 2.45) is 0 Å². The number of likely N-dealkylation sites (N-methyl/N-ethyl adjacent to an activating group) is 1. The van der Waals surface area contributed by atoms with Gasteiger partial charge >= 0.3 is 0 Å². The lowest BCUT2D eigenvalue weighted by Gasteiger charge is -2.11. The molecule has 0 aliphatic heterocycles. The molecule has 14 heavy (non-hydrogen) atoms. The molecule has 0 saturated heterocycles. The molecular formula is C7H15ClN2O3S. The molecule has 1 atom stereocenters. The average molecular weight is 243 g/mol. The standard InChI is InChI=1S/C7H15ClN2O3S/c1-6(7(11)9-2)10-14(12,13)5-3-4-8/h6,10H,3-5H2,1-2H3,(H,9,11). The highest BCUT2D eigenvalue weighted by Crippen LogP contribution is 1.94. The average Bonchev–Trinajstić information content (AvgIpc) is 2.12. The predicted octanol–water partition coefficient (Wildman–Crippen LogP) is -0.331. The van der Waals surface area contributed by atoms with Crippen LogP contribution in [-0.2, 0) is 14.8 Å². The lowest BCUT2D eigenvalue weighted by Crippen LogP contribution is -2.44. The number of carbonyl (C=O) groups is 1. The quantitative estimate of drug-likeness (QED) is 0.627. The van der Waals surface area contributed by atoms with Crippen LogP contribution >= 0.6 is 11.6 Å². The highest BCUT2D eigenvalue weighted by Gasteiger charge is 2.18. The van der Waals surface area contributed by atoms with E-state index in [1.165, 1.54) is 14.0 Å². The molecule has 0 bridgehead atoms. The molecular weight excluding hydrogens is 228 g/mol. The Hall–Kier alpha value is -0.330. The van der Waals surface area contributed by atoms with Crippen LogP contribution in [-0.4, -0.2) is 39.0 Å². The van der Waals surface area contributed by atoms with Crippen LogP contribution < -0.4 is 10.0 Å². The van der Waals surface area contributed by atoms with E-state index in [2.05, 4.69) is 10.0 Å². The molecule has 0 spiro atoms. The molecule has 0 rings (SSSR count). The summed E-state index contributed by atoms with van der Waals surface area (Å²) < 4.78 is 24.8. The van der Waals surface area contributed by atoms with Crippen LogP contribution in [0, 0.1) is 0 Å². The Kier molecular flexibility index (Phi) is 6.06. The van der Waals surface area contributed by atoms with E-state index in [9.17, 15) is 13.2 Å². The third-order valence-electron chi connectivity index (χ3n) is 1.54. The molecule has 0 aliphatic rings. The summed E-state index contributed by atoms with van der Waals surface area (Å²) in [6.45, 7) is 1.48. The van der Waals surface area contributed by atoms with Gasteiger partial charge < -0.3 is 5.32 Å². The lowest BCUT2D eigenvalue weighted by atomic mass is 10.3. The molecule has 1 unspecified atom stereocenters. The van der Waals surface area contributed by atoms with Crippen LogP contribution in [0.4, 0.5) is 0 Å². The third-order valence-corrected chi connectivity index (χ3v) is 3.35. The maximum atomic E-state index is 11.3. The summed E-state index contributed by atoms with van der Waals surface area (Å²) in [7, 11) is -1.94. The number of carbonyl (C=O) groups excluding carboxylic acids is 1. The van der Waals surface area contributed by atoms with Gasteiger partial charge in [0.05, 0.1) is 11.8 Å². The van der Waals surface area contributed by atoms with Gasteiger partial charge in [-0.3, -0.25) is 4.79 Å². The van der Waals surface area contributed by atoms with Gasteiger partial charge in [-0.15, -0.1) is 11.6 Å². The molecule has 84 valence electrons. The Labute approximate surface area is 89.3 Å². The lowest BCUT2D eigenvalue weighted by molar-refractivity contribution is -0.121. The van der Waals surface area contributed by atoms with E-state index in [1.807, 2.05) is 0 Å². The number of nitrogens with one attached hydrogen (secondary N) is 2. The minimum absolute atomic E-state index is 0.0577. The predicted molar refractivity (Wildman–Crippen MR) is 55.8 cm³/mol. The van der Waals surface area contributed by atoms with E-state index in [0.29, 0.717) is 6.42 Å². The first kappa shape index (κ1) is 13.7. The largest absolute Gasteiger partial charge is 0.358 e. The van der Waals surface area contributed by atoms with Crippen LogP contribution in [0.3, 0.4) is 0 Å². The zero-order valence-electron chi connectivity index (χ0n) is 8.21. The highest BCUT2D eigenvalue weighted by atomic mass is 35.5. The minimum Gasteiger partial charge on any atom is -0.358 e. The molecule has 0 fully saturated rings. The fourth-order valence-electron chi connectivity index (χ4n) is 0.843. The van der Waals surface area contributed by atoms with Crippen molar-refractivity contribution < 1.29 is 13.2 Å². The van der Waals surface area contributed by atoms with Crippen molar-refractivity contribution >= 4 is 27.5 Å². The first-order valence-electron chi connectivity index (χ1n) is 4.20. The number of sulfonamides is 1. The second-order valence-corrected chi connectivity index (χ2v) is 5.07. The van der Waals surface area contributed by atoms with Crippen molar-refractivity contribution in [2.75, 3.05) is 18.7 Å². The van der Waals surface area contributed by atoms with Crippen LogP contribution in [0.15, 0.2) is 0 Å². The summed E-state index contributed by atoms with van der Waals surface area (Å²) in [5.74, 6) is -0.132. The van der Waals surface area contributed by atoms with Crippen molar-refractivity contribution in [1.82, 2.24) is 10.0 Å². The molecule has 0 aromatic carbocycles. The van der Waals surface area contributed by atoms with Crippen molar-refractivity contribution in [3.8, 4) is 0 Å². The molecule has 0 aliphatic carbocycles. The fourth-order valence-corrected chi connectivity index (χ4v) is 2.42. The number of amides is 1. The first-order chi connectivity index (χ1) is 6.43. The van der Waals surface area contributed by atoms with Crippen LogP contribution in [0.1, 0.15) is 13.3 Å². The summed E-state index contributed by atoms with van der Waals surface area (Å²) in [6.07, 6.45) is 0.372. The SMILES string of the molecule is CNC(=O)C(C)NS(=O)(=O)CCCCl. The van der Waals surface area contributed by atoms with E-state index in [-0.39, 0.29) is 17.5 Å². The van der Waals surface area contributed by atoms with Gasteiger partial charge in [-0.25, -0.2) is 13.1 Å². The summed E-state index contributed by atoms with van der Waals surface area (Å²) in [4.78, 5) is 11.0. The normalized spacial score (nSPS) is 13.6. The molecule has 0 aromatic heterocycles. The summed E-state index contributed by atoms with van der Waals surface area (Å²) in [5, 5.41) is 2.35. The van der Waals surface area contributed by atoms with Crippen LogP contribution in [0.5, 0.6) is 0 Å². The van der Waals surface area contributed by atoms with Gasteiger partial charge in [0.1, 0.15) is 0 Å². The van der Waals surface area contributed by atoms with Crippen molar-refractivity contribution in [3.05, 3.63) is 0 Å². The fraction of sp³-hybridized carbons (Fsp3) is 0.857. The molecule has 2 N–H and O–H groups in total. The van der Waals surface area contributed by atoms with Crippen molar-refractivity contribution in [1.29, 1.82) is 0 Å². The van der Waals surface area contributed by atoms with Gasteiger partial charge in [0.2, 0.25) is 15.9 Å². The Morgan fingerprint density at radius 2 is 2.07 bits per heavy atom. The molecule has 5 nitrogen and oxygen atoms in total. The topological polar surface area (TPSA) is 75.3 Å². The van der Waals surface area contributed by atoms with Crippen LogP contribution in [0.2, 0.25) is 0 Å². The maximum absolute atomic E-state index is 11.3. The smallest absolute Gasteiger partial charge is 0.237 e. The van der Waals surface area contributed by atoms with E-state index < -0.39 is 16.1 Å². The second-order valence-electron chi connectivity index (χ2n) is 2.82. The Bertz CT molecular complexity index is 279. The van der Waals surface area contributed by atoms with Gasteiger partial charge in [0.25, 0.3) is 0 Å². The van der Waals surface area contributed by atoms with Crippen molar-refractivity contribution in [2.45, 2.75) is 19.4 Å². The summed E-state index contributed by atoms with van der Waals surface area (Å²) in [5.41, 5.74) is 0. The van der Waals surface area contributed by atoms with E-state index in [1.54, 1.807) is 0 Å². The van der Waals surface area contributed by atoms with Gasteiger partial charge in [0, 0.05) is 12.9 Å². The van der Waals surface area contributed by atoms with Gasteiger partial charge in [-0.2, -0.15) is 0 Å². The van der Waals surface area contributed by atoms with E-state index in [4.69, 9.17) is 11.6 Å². The number of alkyl halides is 1. The zero-order valence-corrected chi connectivity index (χ0v) is 9.78. The number of hydrogen-bond acceptors (Lipinski definition) is 3. The molecule has 1 amide bonds. The number of halogens is 1. The Morgan fingerprint density at radius 3 is 2.50 bits per heavy atom. The summed E-state index contributed by atoms with van der Waals surface area (Å²) >= 11 is 5.36. The Balaban J connectivity index is 4.15. The van der Waals surface area contributed by atoms with Gasteiger partial charge in [-0.05, 0) is 13.3 Å². The van der Waals surface area contributed by atoms with Crippen LogP contribution in [0.25, 0.3) is 0 Å². The highest BCUT2D eigenvalue weighted by molar-refractivity contribution is 7.89. The molecule has 0 heterocycles. The first-order valence-corrected chi connectivity index (χ1v) is 6.39. The maximum Gasteiger partial charge on any atom is 0.237 e. The van der Waals surface area contributed by atoms with E-state index >= 15 is 0 Å². The molecule has 7 heteroatoms. The third kappa shape index (κ3) is 5.41. The monoisotopic (exact) mass is 242 g/mol. The van der Waals surface area contributed by atoms with E-state index in [0.717, 1.165) is 0 Å². The number of rotatable bonds is 6. The van der Waals surface area contributed by atoms with Gasteiger partial charge in [0.15, 0.2) is 0 Å². The Morgan fingerprint density at radius 1 is 1.50 bits per heavy atom. The molecule has 0 saturated carbocycles. The van der Waals surface area contributed by atoms with Gasteiger partial charge in [-0.1, -0.05) is 0 Å². The molecule has 0 radical (unpaired) electrons. The zero-order chi connectivity index (χ0) is 11.2. The molecule has 0 aromatic rings. The van der Waals surface area contributed by atoms with Crippen molar-refractivity contribution in [3.63, 3.8) is 0 Å². The number of hydrogen-bond donors (Lipinski definition) is 2. The minimum atomic E-state index is -3.39. The second kappa shape index (κ2) is 6.21. The summed E-state index contributed by atoms with van der Waals surface area (Å²) in [6, 6.07) is -0.750.